The molecule has 1 fully saturated rings. The minimum Gasteiger partial charge on any atom is -0.268 e. The zero-order chi connectivity index (χ0) is 19.1. The van der Waals surface area contributed by atoms with Crippen molar-refractivity contribution >= 4 is 73.5 Å². The third-order valence-electron chi connectivity index (χ3n) is 3.49. The molecule has 1 amide bonds. The molecule has 3 rings (SSSR count). The van der Waals surface area contributed by atoms with Gasteiger partial charge in [-0.2, -0.15) is 13.2 Å². The number of thioether (sulfide) groups is 1. The van der Waals surface area contributed by atoms with Crippen LogP contribution in [-0.2, 0) is 11.0 Å². The number of nitrogens with zero attached hydrogens (tertiary/aromatic N) is 1. The van der Waals surface area contributed by atoms with Crippen LogP contribution in [0.25, 0.3) is 6.08 Å². The molecule has 0 spiro atoms. The summed E-state index contributed by atoms with van der Waals surface area (Å²) in [6.45, 7) is 0. The number of hydrogen-bond acceptors (Lipinski definition) is 3. The molecule has 2 aromatic carbocycles. The summed E-state index contributed by atoms with van der Waals surface area (Å²) in [4.78, 5) is 14.3. The first kappa shape index (κ1) is 19.4. The maximum atomic E-state index is 12.7. The highest BCUT2D eigenvalue weighted by molar-refractivity contribution is 9.10. The van der Waals surface area contributed by atoms with E-state index in [1.165, 1.54) is 23.1 Å². The zero-order valence-electron chi connectivity index (χ0n) is 12.7. The van der Waals surface area contributed by atoms with Crippen LogP contribution in [0.2, 0.25) is 5.02 Å². The molecule has 0 bridgehead atoms. The van der Waals surface area contributed by atoms with Crippen LogP contribution in [-0.4, -0.2) is 10.2 Å². The summed E-state index contributed by atoms with van der Waals surface area (Å²) < 4.78 is 38.9. The van der Waals surface area contributed by atoms with Crippen molar-refractivity contribution in [1.29, 1.82) is 0 Å². The predicted molar refractivity (Wildman–Crippen MR) is 106 cm³/mol. The number of amides is 1. The van der Waals surface area contributed by atoms with Crippen LogP contribution in [0.3, 0.4) is 0 Å². The van der Waals surface area contributed by atoms with Gasteiger partial charge < -0.3 is 0 Å². The Hall–Kier alpha value is -1.35. The van der Waals surface area contributed by atoms with Crippen LogP contribution >= 0.6 is 51.5 Å². The fourth-order valence-electron chi connectivity index (χ4n) is 2.23. The van der Waals surface area contributed by atoms with Crippen molar-refractivity contribution in [2.24, 2.45) is 0 Å². The van der Waals surface area contributed by atoms with Crippen molar-refractivity contribution in [2.75, 3.05) is 4.90 Å². The van der Waals surface area contributed by atoms with Crippen molar-refractivity contribution in [3.63, 3.8) is 0 Å². The van der Waals surface area contributed by atoms with Crippen LogP contribution in [0.15, 0.2) is 51.8 Å². The van der Waals surface area contributed by atoms with Gasteiger partial charge in [0.15, 0.2) is 4.32 Å². The zero-order valence-corrected chi connectivity index (χ0v) is 16.7. The molecule has 2 aromatic rings. The molecule has 0 aromatic heterocycles. The van der Waals surface area contributed by atoms with Crippen LogP contribution < -0.4 is 4.90 Å². The van der Waals surface area contributed by atoms with Crippen molar-refractivity contribution in [3.05, 3.63) is 68.0 Å². The van der Waals surface area contributed by atoms with E-state index >= 15 is 0 Å². The Morgan fingerprint density at radius 3 is 2.38 bits per heavy atom. The van der Waals surface area contributed by atoms with E-state index in [2.05, 4.69) is 15.9 Å². The number of thiocarbonyl (C=S) groups is 1. The van der Waals surface area contributed by atoms with E-state index in [0.717, 1.165) is 23.9 Å². The number of anilines is 1. The average Bonchev–Trinajstić information content (AvgIpc) is 2.84. The summed E-state index contributed by atoms with van der Waals surface area (Å²) in [5.41, 5.74) is 0.260. The Morgan fingerprint density at radius 1 is 1.15 bits per heavy atom. The number of hydrogen-bond donors (Lipinski definition) is 0. The fraction of sp³-hybridized carbons (Fsp3) is 0.0588. The van der Waals surface area contributed by atoms with Gasteiger partial charge in [0.25, 0.3) is 5.91 Å². The minimum absolute atomic E-state index is 0.326. The van der Waals surface area contributed by atoms with Gasteiger partial charge in [-0.15, -0.1) is 0 Å². The highest BCUT2D eigenvalue weighted by atomic mass is 79.9. The summed E-state index contributed by atoms with van der Waals surface area (Å²) in [6, 6.07) is 9.58. The van der Waals surface area contributed by atoms with Gasteiger partial charge in [-0.05, 0) is 57.9 Å². The Balaban J connectivity index is 1.88. The lowest BCUT2D eigenvalue weighted by Gasteiger charge is -2.15. The lowest BCUT2D eigenvalue weighted by Crippen LogP contribution is -2.27. The second kappa shape index (κ2) is 7.34. The van der Waals surface area contributed by atoms with Gasteiger partial charge in [-0.25, -0.2) is 0 Å². The molecule has 1 saturated heterocycles. The van der Waals surface area contributed by atoms with E-state index in [-0.39, 0.29) is 5.91 Å². The number of carbonyl (C=O) groups is 1. The van der Waals surface area contributed by atoms with Gasteiger partial charge in [0.2, 0.25) is 0 Å². The van der Waals surface area contributed by atoms with E-state index in [0.29, 0.717) is 30.0 Å². The fourth-order valence-corrected chi connectivity index (χ4v) is 3.95. The van der Waals surface area contributed by atoms with Crippen molar-refractivity contribution in [3.8, 4) is 0 Å². The summed E-state index contributed by atoms with van der Waals surface area (Å²) >= 11 is 15.7. The molecule has 0 atom stereocenters. The number of halogens is 5. The van der Waals surface area contributed by atoms with Crippen LogP contribution in [0.5, 0.6) is 0 Å². The predicted octanol–water partition coefficient (Wildman–Crippen LogP) is 6.53. The molecular weight excluding hydrogens is 471 g/mol. The molecule has 2 nitrogen and oxygen atoms in total. The summed E-state index contributed by atoms with van der Waals surface area (Å²) in [5.74, 6) is -0.349. The van der Waals surface area contributed by atoms with Gasteiger partial charge in [0.1, 0.15) is 0 Å². The van der Waals surface area contributed by atoms with Gasteiger partial charge in [0, 0.05) is 4.47 Å². The summed E-state index contributed by atoms with van der Waals surface area (Å²) in [6.07, 6.45) is -2.89. The van der Waals surface area contributed by atoms with Crippen molar-refractivity contribution in [1.82, 2.24) is 0 Å². The number of rotatable bonds is 2. The monoisotopic (exact) mass is 477 g/mol. The quantitative estimate of drug-likeness (QED) is 0.362. The first-order chi connectivity index (χ1) is 12.2. The Morgan fingerprint density at radius 2 is 1.81 bits per heavy atom. The van der Waals surface area contributed by atoms with E-state index in [1.807, 2.05) is 0 Å². The maximum Gasteiger partial charge on any atom is 0.416 e. The molecule has 0 N–H and O–H groups in total. The van der Waals surface area contributed by atoms with Crippen LogP contribution in [0.1, 0.15) is 11.1 Å². The van der Waals surface area contributed by atoms with Gasteiger partial charge in [0.05, 0.1) is 21.2 Å². The van der Waals surface area contributed by atoms with Crippen LogP contribution in [0.4, 0.5) is 18.9 Å². The minimum atomic E-state index is -4.40. The van der Waals surface area contributed by atoms with Gasteiger partial charge in [-0.1, -0.05) is 47.7 Å². The number of carbonyl (C=O) groups excluding carboxylic acids is 1. The SMILES string of the molecule is O=C1/C(=C/c2ccc(C(F)(F)F)cc2)SC(=S)N1c1ccc(Br)c(Cl)c1. The molecule has 134 valence electrons. The molecule has 0 radical (unpaired) electrons. The van der Waals surface area contributed by atoms with E-state index in [1.54, 1.807) is 18.2 Å². The Kier molecular flexibility index (Phi) is 5.48. The molecule has 1 heterocycles. The maximum absolute atomic E-state index is 12.7. The largest absolute Gasteiger partial charge is 0.416 e. The first-order valence-electron chi connectivity index (χ1n) is 7.07. The number of alkyl halides is 3. The third kappa shape index (κ3) is 3.98. The smallest absolute Gasteiger partial charge is 0.268 e. The first-order valence-corrected chi connectivity index (χ1v) is 9.46. The molecule has 0 saturated carbocycles. The average molecular weight is 479 g/mol. The highest BCUT2D eigenvalue weighted by Gasteiger charge is 2.34. The van der Waals surface area contributed by atoms with E-state index < -0.39 is 11.7 Å². The molecule has 0 unspecified atom stereocenters. The standard InChI is InChI=1S/C17H8BrClF3NOS2/c18-12-6-5-11(8-13(12)19)23-15(24)14(26-16(23)25)7-9-1-3-10(4-2-9)17(20,21)22/h1-8H/b14-7-. The summed E-state index contributed by atoms with van der Waals surface area (Å²) in [7, 11) is 0. The summed E-state index contributed by atoms with van der Waals surface area (Å²) in [5, 5.41) is 0.434. The van der Waals surface area contributed by atoms with Crippen molar-refractivity contribution < 1.29 is 18.0 Å². The lowest BCUT2D eigenvalue weighted by atomic mass is 10.1. The topological polar surface area (TPSA) is 20.3 Å². The second-order valence-electron chi connectivity index (χ2n) is 5.24. The second-order valence-corrected chi connectivity index (χ2v) is 8.17. The normalized spacial score (nSPS) is 16.7. The molecule has 0 aliphatic carbocycles. The highest BCUT2D eigenvalue weighted by Crippen LogP contribution is 2.38. The number of benzene rings is 2. The van der Waals surface area contributed by atoms with E-state index in [9.17, 15) is 18.0 Å². The molecular formula is C17H8BrClF3NOS2. The Labute approximate surface area is 170 Å². The van der Waals surface area contributed by atoms with Gasteiger partial charge in [-0.3, -0.25) is 9.69 Å². The molecule has 9 heteroatoms. The molecule has 1 aliphatic rings. The lowest BCUT2D eigenvalue weighted by molar-refractivity contribution is -0.137. The van der Waals surface area contributed by atoms with E-state index in [4.69, 9.17) is 23.8 Å². The van der Waals surface area contributed by atoms with Crippen molar-refractivity contribution in [2.45, 2.75) is 6.18 Å². The Bertz CT molecular complexity index is 929. The van der Waals surface area contributed by atoms with Crippen LogP contribution in [0, 0.1) is 0 Å². The molecule has 1 aliphatic heterocycles. The van der Waals surface area contributed by atoms with Gasteiger partial charge >= 0.3 is 6.18 Å². The molecule has 26 heavy (non-hydrogen) atoms. The third-order valence-corrected chi connectivity index (χ3v) is 6.03.